The second kappa shape index (κ2) is 40.8. The number of rotatable bonds is 42. The highest BCUT2D eigenvalue weighted by atomic mass is 16.7. The Balaban J connectivity index is 1.67. The van der Waals surface area contributed by atoms with Crippen molar-refractivity contribution in [3.63, 3.8) is 0 Å². The van der Waals surface area contributed by atoms with Crippen LogP contribution in [0, 0.1) is 0 Å². The number of nitrogens with one attached hydrogen (secondary N) is 1. The van der Waals surface area contributed by atoms with Gasteiger partial charge in [0.15, 0.2) is 12.6 Å². The molecule has 2 rings (SSSR count). The summed E-state index contributed by atoms with van der Waals surface area (Å²) < 4.78 is 22.6. The summed E-state index contributed by atoms with van der Waals surface area (Å²) >= 11 is 0. The van der Waals surface area contributed by atoms with Crippen LogP contribution >= 0.6 is 0 Å². The van der Waals surface area contributed by atoms with E-state index in [-0.39, 0.29) is 18.9 Å². The van der Waals surface area contributed by atoms with E-state index < -0.39 is 86.8 Å². The molecule has 0 spiro atoms. The third-order valence-electron chi connectivity index (χ3n) is 13.3. The first-order valence-electron chi connectivity index (χ1n) is 27.2. The Morgan fingerprint density at radius 1 is 0.515 bits per heavy atom. The zero-order valence-corrected chi connectivity index (χ0v) is 42.3. The van der Waals surface area contributed by atoms with Crippen LogP contribution in [0.2, 0.25) is 0 Å². The SMILES string of the molecule is CCCCCCCCCCCCCCCCCCCCC/C=C/CC/C=C/CC/C=C/C(O)C(COC1OC(CO)C(OC2OC(CO)C(O)C(O)C2O)C(O)C1O)NC(=O)CCCCCCC. The highest BCUT2D eigenvalue weighted by molar-refractivity contribution is 5.76. The Hall–Kier alpha value is -1.79. The van der Waals surface area contributed by atoms with E-state index in [1.165, 1.54) is 122 Å². The van der Waals surface area contributed by atoms with Crippen LogP contribution in [0.15, 0.2) is 36.5 Å². The third-order valence-corrected chi connectivity index (χ3v) is 13.3. The number of ether oxygens (including phenoxy) is 4. The summed E-state index contributed by atoms with van der Waals surface area (Å²) in [6.45, 7) is 2.66. The number of unbranched alkanes of at least 4 members (excludes halogenated alkanes) is 25. The Morgan fingerprint density at radius 3 is 1.44 bits per heavy atom. The third kappa shape index (κ3) is 27.1. The quantitative estimate of drug-likeness (QED) is 0.0210. The van der Waals surface area contributed by atoms with Crippen molar-refractivity contribution in [2.45, 2.75) is 280 Å². The first kappa shape index (κ1) is 62.3. The molecule has 0 aromatic rings. The van der Waals surface area contributed by atoms with Gasteiger partial charge in [-0.15, -0.1) is 0 Å². The molecule has 0 aromatic heterocycles. The van der Waals surface area contributed by atoms with Gasteiger partial charge in [-0.05, 0) is 44.9 Å². The molecule has 0 radical (unpaired) electrons. The monoisotopic (exact) mass is 970 g/mol. The first-order chi connectivity index (χ1) is 33.1. The van der Waals surface area contributed by atoms with Crippen molar-refractivity contribution in [2.75, 3.05) is 19.8 Å². The lowest BCUT2D eigenvalue weighted by molar-refractivity contribution is -0.359. The summed E-state index contributed by atoms with van der Waals surface area (Å²) in [5.41, 5.74) is 0. The average Bonchev–Trinajstić information content (AvgIpc) is 3.34. The fourth-order valence-electron chi connectivity index (χ4n) is 8.85. The molecule has 14 nitrogen and oxygen atoms in total. The molecule has 14 heteroatoms. The summed E-state index contributed by atoms with van der Waals surface area (Å²) in [5, 5.41) is 86.3. The lowest BCUT2D eigenvalue weighted by atomic mass is 9.97. The number of allylic oxidation sites excluding steroid dienone is 5. The number of hydrogen-bond donors (Lipinski definition) is 9. The zero-order valence-electron chi connectivity index (χ0n) is 42.3. The van der Waals surface area contributed by atoms with E-state index in [1.54, 1.807) is 6.08 Å². The summed E-state index contributed by atoms with van der Waals surface area (Å²) in [7, 11) is 0. The molecule has 12 unspecified atom stereocenters. The van der Waals surface area contributed by atoms with E-state index in [0.29, 0.717) is 12.8 Å². The van der Waals surface area contributed by atoms with Gasteiger partial charge in [0.1, 0.15) is 48.8 Å². The van der Waals surface area contributed by atoms with Crippen molar-refractivity contribution in [3.8, 4) is 0 Å². The van der Waals surface area contributed by atoms with Crippen LogP contribution in [-0.4, -0.2) is 140 Å². The smallest absolute Gasteiger partial charge is 0.220 e. The molecule has 0 aliphatic carbocycles. The molecule has 12 atom stereocenters. The van der Waals surface area contributed by atoms with Crippen molar-refractivity contribution in [3.05, 3.63) is 36.5 Å². The van der Waals surface area contributed by atoms with Crippen molar-refractivity contribution >= 4 is 5.91 Å². The summed E-state index contributed by atoms with van der Waals surface area (Å²) in [6.07, 6.45) is 31.4. The molecule has 2 fully saturated rings. The topological polar surface area (TPSA) is 228 Å². The van der Waals surface area contributed by atoms with Crippen LogP contribution in [0.3, 0.4) is 0 Å². The molecule has 2 aliphatic rings. The average molecular weight is 970 g/mol. The lowest BCUT2D eigenvalue weighted by Gasteiger charge is -2.46. The van der Waals surface area contributed by atoms with E-state index in [9.17, 15) is 45.6 Å². The van der Waals surface area contributed by atoms with Gasteiger partial charge < -0.3 is 65.1 Å². The predicted octanol–water partition coefficient (Wildman–Crippen LogP) is 7.88. The van der Waals surface area contributed by atoms with Gasteiger partial charge in [0, 0.05) is 6.42 Å². The molecular formula is C54H99NO13. The normalized spacial score (nSPS) is 26.6. The number of amides is 1. The van der Waals surface area contributed by atoms with Crippen molar-refractivity contribution in [2.24, 2.45) is 0 Å². The van der Waals surface area contributed by atoms with Crippen LogP contribution in [0.5, 0.6) is 0 Å². The van der Waals surface area contributed by atoms with E-state index in [1.807, 2.05) is 6.08 Å². The fourth-order valence-corrected chi connectivity index (χ4v) is 8.85. The minimum Gasteiger partial charge on any atom is -0.394 e. The molecule has 2 heterocycles. The van der Waals surface area contributed by atoms with Crippen LogP contribution in [-0.2, 0) is 23.7 Å². The molecular weight excluding hydrogens is 871 g/mol. The van der Waals surface area contributed by atoms with Crippen molar-refractivity contribution in [1.29, 1.82) is 0 Å². The van der Waals surface area contributed by atoms with Gasteiger partial charge in [0.2, 0.25) is 5.91 Å². The Morgan fingerprint density at radius 2 is 0.941 bits per heavy atom. The van der Waals surface area contributed by atoms with Gasteiger partial charge in [-0.2, -0.15) is 0 Å². The second-order valence-electron chi connectivity index (χ2n) is 19.3. The van der Waals surface area contributed by atoms with E-state index in [4.69, 9.17) is 18.9 Å². The molecule has 68 heavy (non-hydrogen) atoms. The van der Waals surface area contributed by atoms with E-state index in [0.717, 1.165) is 51.4 Å². The van der Waals surface area contributed by atoms with Gasteiger partial charge in [-0.25, -0.2) is 0 Å². The first-order valence-corrected chi connectivity index (χ1v) is 27.2. The van der Waals surface area contributed by atoms with Gasteiger partial charge in [-0.1, -0.05) is 192 Å². The number of hydrogen-bond acceptors (Lipinski definition) is 13. The van der Waals surface area contributed by atoms with Crippen LogP contribution in [0.1, 0.15) is 206 Å². The van der Waals surface area contributed by atoms with Gasteiger partial charge in [0.25, 0.3) is 0 Å². The van der Waals surface area contributed by atoms with Crippen LogP contribution in [0.4, 0.5) is 0 Å². The number of aliphatic hydroxyl groups excluding tert-OH is 8. The standard InChI is InChI=1S/C54H99NO13/c1-3-5-7-9-10-11-12-13-14-15-16-17-18-19-20-21-22-23-24-25-26-27-28-29-30-31-32-34-35-37-43(58)42(55-46(59)38-36-33-8-6-4-2)41-65-53-51(64)49(62)52(45(40-57)67-53)68-54-50(63)48(61)47(60)44(39-56)66-54/h26-27,30-31,35,37,42-45,47-54,56-58,60-64H,3-25,28-29,32-34,36,38-41H2,1-2H3,(H,55,59)/b27-26+,31-30+,37-35+. The molecule has 0 saturated carbocycles. The zero-order chi connectivity index (χ0) is 49.6. The Kier molecular flexibility index (Phi) is 37.4. The second-order valence-corrected chi connectivity index (χ2v) is 19.3. The van der Waals surface area contributed by atoms with Crippen LogP contribution in [0.25, 0.3) is 0 Å². The van der Waals surface area contributed by atoms with E-state index >= 15 is 0 Å². The maximum Gasteiger partial charge on any atom is 0.220 e. The molecule has 2 saturated heterocycles. The summed E-state index contributed by atoms with van der Waals surface area (Å²) in [6, 6.07) is -0.931. The van der Waals surface area contributed by atoms with Gasteiger partial charge in [-0.3, -0.25) is 4.79 Å². The fraction of sp³-hybridized carbons (Fsp3) is 0.870. The van der Waals surface area contributed by atoms with Gasteiger partial charge in [0.05, 0.1) is 32.0 Å². The predicted molar refractivity (Wildman–Crippen MR) is 268 cm³/mol. The Bertz CT molecular complexity index is 1280. The highest BCUT2D eigenvalue weighted by Crippen LogP contribution is 2.30. The molecule has 0 bridgehead atoms. The molecule has 2 aliphatic heterocycles. The minimum absolute atomic E-state index is 0.265. The highest BCUT2D eigenvalue weighted by Gasteiger charge is 2.51. The molecule has 0 aromatic carbocycles. The lowest BCUT2D eigenvalue weighted by Crippen LogP contribution is -2.65. The van der Waals surface area contributed by atoms with Crippen LogP contribution < -0.4 is 5.32 Å². The Labute approximate surface area is 411 Å². The molecule has 398 valence electrons. The minimum atomic E-state index is -1.79. The number of carbonyl (C=O) groups excluding carboxylic acids is 1. The summed E-state index contributed by atoms with van der Waals surface area (Å²) in [5.74, 6) is -0.267. The van der Waals surface area contributed by atoms with Gasteiger partial charge >= 0.3 is 0 Å². The number of carbonyl (C=O) groups is 1. The maximum atomic E-state index is 12.9. The van der Waals surface area contributed by atoms with Crippen molar-refractivity contribution < 1.29 is 64.6 Å². The van der Waals surface area contributed by atoms with Crippen molar-refractivity contribution in [1.82, 2.24) is 5.32 Å². The molecule has 9 N–H and O–H groups in total. The van der Waals surface area contributed by atoms with E-state index in [2.05, 4.69) is 43.5 Å². The largest absolute Gasteiger partial charge is 0.394 e. The molecule has 1 amide bonds. The maximum absolute atomic E-state index is 12.9. The summed E-state index contributed by atoms with van der Waals surface area (Å²) in [4.78, 5) is 12.9. The number of aliphatic hydroxyl groups is 8.